The normalized spacial score (nSPS) is 15.3. The van der Waals surface area contributed by atoms with Gasteiger partial charge in [-0.05, 0) is 31.9 Å². The number of thiophene rings is 1. The van der Waals surface area contributed by atoms with Crippen LogP contribution in [-0.2, 0) is 4.74 Å². The van der Waals surface area contributed by atoms with Crippen LogP contribution in [0.4, 0.5) is 11.5 Å². The summed E-state index contributed by atoms with van der Waals surface area (Å²) in [4.78, 5) is 18.3. The van der Waals surface area contributed by atoms with Crippen LogP contribution in [0, 0.1) is 11.3 Å². The van der Waals surface area contributed by atoms with Crippen molar-refractivity contribution in [2.45, 2.75) is 43.1 Å². The number of nitrogens with two attached hydrogens (primary N) is 2. The van der Waals surface area contributed by atoms with Gasteiger partial charge in [0, 0.05) is 4.90 Å². The number of fused-ring (bicyclic) bond motifs is 1. The molecule has 4 N–H and O–H groups in total. The summed E-state index contributed by atoms with van der Waals surface area (Å²) in [5, 5.41) is 9.92. The molecule has 2 heterocycles. The number of esters is 1. The lowest BCUT2D eigenvalue weighted by Gasteiger charge is -2.21. The smallest absolute Gasteiger partial charge is 0.350 e. The van der Waals surface area contributed by atoms with Crippen molar-refractivity contribution in [3.63, 3.8) is 0 Å². The lowest BCUT2D eigenvalue weighted by Crippen LogP contribution is -2.20. The second-order valence-electron chi connectivity index (χ2n) is 5.71. The number of rotatable bonds is 3. The molecule has 0 amide bonds. The van der Waals surface area contributed by atoms with E-state index in [9.17, 15) is 10.1 Å². The number of anilines is 2. The number of thioether (sulfide) groups is 1. The number of hydrogen-bond acceptors (Lipinski definition) is 8. The Morgan fingerprint density at radius 3 is 2.71 bits per heavy atom. The fourth-order valence-corrected chi connectivity index (χ4v) is 4.81. The number of nitriles is 1. The molecule has 1 fully saturated rings. The van der Waals surface area contributed by atoms with Crippen LogP contribution in [0.25, 0.3) is 10.2 Å². The van der Waals surface area contributed by atoms with E-state index in [1.807, 2.05) is 6.26 Å². The van der Waals surface area contributed by atoms with Gasteiger partial charge < -0.3 is 16.2 Å². The molecular formula is C16H18N4O2S2. The summed E-state index contributed by atoms with van der Waals surface area (Å²) >= 11 is 2.54. The minimum absolute atomic E-state index is 0.0384. The van der Waals surface area contributed by atoms with Crippen molar-refractivity contribution < 1.29 is 9.53 Å². The predicted octanol–water partition coefficient (Wildman–Crippen LogP) is 3.54. The third kappa shape index (κ3) is 2.89. The number of ether oxygens (including phenoxy) is 1. The number of carbonyl (C=O) groups is 1. The molecule has 0 atom stereocenters. The van der Waals surface area contributed by atoms with Crippen LogP contribution >= 0.6 is 23.1 Å². The molecule has 8 heteroatoms. The van der Waals surface area contributed by atoms with Crippen molar-refractivity contribution in [3.8, 4) is 6.07 Å². The molecule has 0 radical (unpaired) electrons. The molecule has 0 unspecified atom stereocenters. The predicted molar refractivity (Wildman–Crippen MR) is 97.2 cm³/mol. The molecule has 2 aromatic heterocycles. The molecule has 6 nitrogen and oxygen atoms in total. The number of nitrogens with zero attached hydrogens (tertiary/aromatic N) is 2. The number of hydrogen-bond donors (Lipinski definition) is 2. The largest absolute Gasteiger partial charge is 0.458 e. The highest BCUT2D eigenvalue weighted by molar-refractivity contribution is 7.99. The fourth-order valence-electron chi connectivity index (χ4n) is 2.99. The average molecular weight is 362 g/mol. The quantitative estimate of drug-likeness (QED) is 0.633. The van der Waals surface area contributed by atoms with Crippen LogP contribution in [0.5, 0.6) is 0 Å². The molecule has 2 aromatic rings. The third-order valence-corrected chi connectivity index (χ3v) is 6.08. The molecular weight excluding hydrogens is 344 g/mol. The van der Waals surface area contributed by atoms with E-state index in [-0.39, 0.29) is 11.9 Å². The van der Waals surface area contributed by atoms with Crippen molar-refractivity contribution in [3.05, 3.63) is 10.4 Å². The Bertz CT molecular complexity index is 835. The SMILES string of the molecule is CSc1c(C#N)c(N)nc2sc(C(=O)OC3CCCCC3)c(N)c12. The molecule has 0 saturated heterocycles. The van der Waals surface area contributed by atoms with Crippen LogP contribution in [0.2, 0.25) is 0 Å². The van der Waals surface area contributed by atoms with Gasteiger partial charge in [-0.25, -0.2) is 9.78 Å². The first-order valence-corrected chi connectivity index (χ1v) is 9.77. The van der Waals surface area contributed by atoms with Crippen molar-refractivity contribution in [1.82, 2.24) is 4.98 Å². The van der Waals surface area contributed by atoms with Gasteiger partial charge in [-0.3, -0.25) is 0 Å². The van der Waals surface area contributed by atoms with Gasteiger partial charge in [0.1, 0.15) is 33.3 Å². The van der Waals surface area contributed by atoms with Crippen LogP contribution in [0.3, 0.4) is 0 Å². The summed E-state index contributed by atoms with van der Waals surface area (Å²) in [7, 11) is 0. The minimum atomic E-state index is -0.411. The van der Waals surface area contributed by atoms with E-state index in [1.54, 1.807) is 0 Å². The number of nitrogen functional groups attached to an aromatic ring is 2. The van der Waals surface area contributed by atoms with E-state index >= 15 is 0 Å². The summed E-state index contributed by atoms with van der Waals surface area (Å²) in [5.74, 6) is -0.255. The highest BCUT2D eigenvalue weighted by Crippen LogP contribution is 2.41. The Hall–Kier alpha value is -1.98. The Morgan fingerprint density at radius 1 is 1.38 bits per heavy atom. The Balaban J connectivity index is 2.02. The topological polar surface area (TPSA) is 115 Å². The van der Waals surface area contributed by atoms with Gasteiger partial charge in [-0.1, -0.05) is 6.42 Å². The molecule has 126 valence electrons. The maximum Gasteiger partial charge on any atom is 0.350 e. The summed E-state index contributed by atoms with van der Waals surface area (Å²) in [5.41, 5.74) is 12.7. The first-order chi connectivity index (χ1) is 11.6. The second kappa shape index (κ2) is 6.87. The number of aromatic nitrogens is 1. The summed E-state index contributed by atoms with van der Waals surface area (Å²) in [6, 6.07) is 2.06. The zero-order valence-corrected chi connectivity index (χ0v) is 14.9. The van der Waals surface area contributed by atoms with Crippen LogP contribution in [0.1, 0.15) is 47.3 Å². The Morgan fingerprint density at radius 2 is 2.08 bits per heavy atom. The standard InChI is InChI=1S/C16H18N4O2S2/c1-23-12-9(7-17)14(19)20-15-10(12)11(18)13(24-15)16(21)22-8-5-3-2-4-6-8/h8H,2-6,18H2,1H3,(H2,19,20). The van der Waals surface area contributed by atoms with E-state index in [4.69, 9.17) is 16.2 Å². The molecule has 3 rings (SSSR count). The van der Waals surface area contributed by atoms with Gasteiger partial charge in [-0.2, -0.15) is 5.26 Å². The third-order valence-electron chi connectivity index (χ3n) is 4.19. The highest BCUT2D eigenvalue weighted by Gasteiger charge is 2.26. The molecule has 0 spiro atoms. The summed E-state index contributed by atoms with van der Waals surface area (Å²) < 4.78 is 5.61. The van der Waals surface area contributed by atoms with E-state index in [1.165, 1.54) is 29.5 Å². The average Bonchev–Trinajstić information content (AvgIpc) is 2.91. The highest BCUT2D eigenvalue weighted by atomic mass is 32.2. The van der Waals surface area contributed by atoms with Gasteiger partial charge in [0.25, 0.3) is 0 Å². The van der Waals surface area contributed by atoms with E-state index in [0.29, 0.717) is 31.2 Å². The first-order valence-electron chi connectivity index (χ1n) is 7.73. The molecule has 0 aliphatic heterocycles. The van der Waals surface area contributed by atoms with Gasteiger partial charge in [0.2, 0.25) is 0 Å². The zero-order valence-electron chi connectivity index (χ0n) is 13.3. The Kier molecular flexibility index (Phi) is 4.83. The first kappa shape index (κ1) is 16.9. The molecule has 1 saturated carbocycles. The fraction of sp³-hybridized carbons (Fsp3) is 0.438. The minimum Gasteiger partial charge on any atom is -0.458 e. The molecule has 0 aromatic carbocycles. The zero-order chi connectivity index (χ0) is 17.3. The number of carbonyl (C=O) groups excluding carboxylic acids is 1. The van der Waals surface area contributed by atoms with E-state index < -0.39 is 5.97 Å². The van der Waals surface area contributed by atoms with Gasteiger partial charge in [0.05, 0.1) is 11.1 Å². The summed E-state index contributed by atoms with van der Waals surface area (Å²) in [6.45, 7) is 0. The van der Waals surface area contributed by atoms with E-state index in [2.05, 4.69) is 11.1 Å². The Labute approximate surface area is 148 Å². The summed E-state index contributed by atoms with van der Waals surface area (Å²) in [6.07, 6.45) is 6.96. The second-order valence-corrected chi connectivity index (χ2v) is 7.52. The van der Waals surface area contributed by atoms with E-state index in [0.717, 1.165) is 25.7 Å². The van der Waals surface area contributed by atoms with Crippen LogP contribution in [0.15, 0.2) is 4.90 Å². The van der Waals surface area contributed by atoms with Gasteiger partial charge in [-0.15, -0.1) is 23.1 Å². The van der Waals surface area contributed by atoms with Crippen LogP contribution in [-0.4, -0.2) is 23.3 Å². The molecule has 0 bridgehead atoms. The van der Waals surface area contributed by atoms with Crippen molar-refractivity contribution in [2.24, 2.45) is 0 Å². The lowest BCUT2D eigenvalue weighted by atomic mass is 9.98. The maximum atomic E-state index is 12.5. The van der Waals surface area contributed by atoms with Crippen LogP contribution < -0.4 is 11.5 Å². The van der Waals surface area contributed by atoms with Crippen molar-refractivity contribution in [1.29, 1.82) is 5.26 Å². The maximum absolute atomic E-state index is 12.5. The van der Waals surface area contributed by atoms with Gasteiger partial charge >= 0.3 is 5.97 Å². The lowest BCUT2D eigenvalue weighted by molar-refractivity contribution is 0.0218. The monoisotopic (exact) mass is 362 g/mol. The number of pyridine rings is 1. The molecule has 24 heavy (non-hydrogen) atoms. The van der Waals surface area contributed by atoms with Gasteiger partial charge in [0.15, 0.2) is 0 Å². The van der Waals surface area contributed by atoms with Crippen molar-refractivity contribution in [2.75, 3.05) is 17.7 Å². The molecule has 1 aliphatic carbocycles. The van der Waals surface area contributed by atoms with Crippen molar-refractivity contribution >= 4 is 50.8 Å². The molecule has 1 aliphatic rings.